The van der Waals surface area contributed by atoms with Crippen LogP contribution >= 0.6 is 22.7 Å². The molecule has 0 bridgehead atoms. The van der Waals surface area contributed by atoms with Crippen LogP contribution in [-0.4, -0.2) is 9.91 Å². The van der Waals surface area contributed by atoms with Crippen LogP contribution < -0.4 is 5.32 Å². The topological polar surface area (TPSA) is 68.1 Å². The highest BCUT2D eigenvalue weighted by molar-refractivity contribution is 7.16. The Labute approximate surface area is 116 Å². The average molecular weight is 291 g/mol. The molecule has 0 aliphatic carbocycles. The van der Waals surface area contributed by atoms with Gasteiger partial charge in [0.15, 0.2) is 5.52 Å². The Kier molecular flexibility index (Phi) is 3.14. The number of hydrogen-bond donors (Lipinski definition) is 1. The minimum absolute atomic E-state index is 0.0500. The molecule has 0 aliphatic rings. The number of anilines is 1. The van der Waals surface area contributed by atoms with Crippen molar-refractivity contribution in [3.8, 4) is 0 Å². The zero-order chi connectivity index (χ0) is 13.2. The number of thiazole rings is 1. The fourth-order valence-corrected chi connectivity index (χ4v) is 3.18. The van der Waals surface area contributed by atoms with Crippen molar-refractivity contribution in [2.24, 2.45) is 0 Å². The van der Waals surface area contributed by atoms with E-state index in [4.69, 9.17) is 0 Å². The SMILES string of the molecule is O=[N+]([O-])c1c(NCc2ccsc2)ccc2scnc12. The summed E-state index contributed by atoms with van der Waals surface area (Å²) in [5, 5.41) is 18.3. The molecule has 0 amide bonds. The third-order valence-corrected chi connectivity index (χ3v) is 4.25. The van der Waals surface area contributed by atoms with Gasteiger partial charge in [-0.3, -0.25) is 10.1 Å². The van der Waals surface area contributed by atoms with Gasteiger partial charge in [-0.15, -0.1) is 11.3 Å². The Morgan fingerprint density at radius 3 is 3.00 bits per heavy atom. The van der Waals surface area contributed by atoms with Gasteiger partial charge in [0.2, 0.25) is 0 Å². The molecule has 5 nitrogen and oxygen atoms in total. The van der Waals surface area contributed by atoms with E-state index in [1.165, 1.54) is 11.3 Å². The van der Waals surface area contributed by atoms with Crippen molar-refractivity contribution in [1.82, 2.24) is 4.98 Å². The van der Waals surface area contributed by atoms with Crippen LogP contribution in [0.15, 0.2) is 34.5 Å². The Morgan fingerprint density at radius 2 is 2.26 bits per heavy atom. The summed E-state index contributed by atoms with van der Waals surface area (Å²) in [4.78, 5) is 14.9. The highest BCUT2D eigenvalue weighted by Gasteiger charge is 2.20. The quantitative estimate of drug-likeness (QED) is 0.585. The summed E-state index contributed by atoms with van der Waals surface area (Å²) in [6, 6.07) is 5.59. The monoisotopic (exact) mass is 291 g/mol. The number of nitro groups is 1. The van der Waals surface area contributed by atoms with E-state index in [0.717, 1.165) is 10.3 Å². The molecule has 3 rings (SSSR count). The first-order valence-electron chi connectivity index (χ1n) is 5.51. The number of hydrogen-bond acceptors (Lipinski definition) is 6. The number of thiophene rings is 1. The van der Waals surface area contributed by atoms with Crippen molar-refractivity contribution >= 4 is 44.3 Å². The maximum absolute atomic E-state index is 11.2. The Bertz CT molecular complexity index is 722. The molecule has 2 heterocycles. The van der Waals surface area contributed by atoms with Crippen LogP contribution in [0.2, 0.25) is 0 Å². The summed E-state index contributed by atoms with van der Waals surface area (Å²) in [5.41, 5.74) is 3.74. The second kappa shape index (κ2) is 4.94. The maximum Gasteiger partial charge on any atom is 0.319 e. The first kappa shape index (κ1) is 12.1. The molecule has 0 spiro atoms. The van der Waals surface area contributed by atoms with Gasteiger partial charge in [0.05, 0.1) is 15.1 Å². The van der Waals surface area contributed by atoms with E-state index >= 15 is 0 Å². The average Bonchev–Trinajstić information content (AvgIpc) is 3.06. The minimum atomic E-state index is -0.377. The van der Waals surface area contributed by atoms with Crippen LogP contribution in [0.3, 0.4) is 0 Å². The molecule has 1 aromatic carbocycles. The molecule has 0 aliphatic heterocycles. The number of aromatic nitrogens is 1. The van der Waals surface area contributed by atoms with Gasteiger partial charge in [-0.05, 0) is 34.5 Å². The second-order valence-corrected chi connectivity index (χ2v) is 5.57. The Morgan fingerprint density at radius 1 is 1.37 bits per heavy atom. The first-order chi connectivity index (χ1) is 9.25. The smallest absolute Gasteiger partial charge is 0.319 e. The summed E-state index contributed by atoms with van der Waals surface area (Å²) in [5.74, 6) is 0. The molecule has 0 fully saturated rings. The van der Waals surface area contributed by atoms with Gasteiger partial charge in [-0.1, -0.05) is 0 Å². The summed E-state index contributed by atoms with van der Waals surface area (Å²) in [6.07, 6.45) is 0. The van der Waals surface area contributed by atoms with E-state index in [0.29, 0.717) is 17.7 Å². The van der Waals surface area contributed by atoms with Crippen LogP contribution in [0.1, 0.15) is 5.56 Å². The third-order valence-electron chi connectivity index (χ3n) is 2.72. The lowest BCUT2D eigenvalue weighted by atomic mass is 10.2. The number of fused-ring (bicyclic) bond motifs is 1. The number of nitrogens with one attached hydrogen (secondary N) is 1. The van der Waals surface area contributed by atoms with Gasteiger partial charge in [-0.25, -0.2) is 4.98 Å². The maximum atomic E-state index is 11.2. The van der Waals surface area contributed by atoms with Gasteiger partial charge in [0, 0.05) is 6.54 Å². The lowest BCUT2D eigenvalue weighted by molar-refractivity contribution is -0.382. The van der Waals surface area contributed by atoms with E-state index < -0.39 is 0 Å². The Hall–Kier alpha value is -1.99. The molecule has 19 heavy (non-hydrogen) atoms. The van der Waals surface area contributed by atoms with Crippen LogP contribution in [0.5, 0.6) is 0 Å². The lowest BCUT2D eigenvalue weighted by Gasteiger charge is -2.06. The van der Waals surface area contributed by atoms with E-state index in [1.54, 1.807) is 22.9 Å². The van der Waals surface area contributed by atoms with Gasteiger partial charge < -0.3 is 5.32 Å². The number of nitrogens with zero attached hydrogens (tertiary/aromatic N) is 2. The largest absolute Gasteiger partial charge is 0.375 e. The van der Waals surface area contributed by atoms with Crippen molar-refractivity contribution in [3.63, 3.8) is 0 Å². The summed E-state index contributed by atoms with van der Waals surface area (Å²) < 4.78 is 0.827. The molecule has 0 saturated carbocycles. The number of benzene rings is 1. The summed E-state index contributed by atoms with van der Waals surface area (Å²) in [7, 11) is 0. The van der Waals surface area contributed by atoms with Gasteiger partial charge in [0.1, 0.15) is 5.69 Å². The normalized spacial score (nSPS) is 10.7. The first-order valence-corrected chi connectivity index (χ1v) is 7.33. The van der Waals surface area contributed by atoms with Crippen LogP contribution in [-0.2, 0) is 6.54 Å². The second-order valence-electron chi connectivity index (χ2n) is 3.90. The van der Waals surface area contributed by atoms with Crippen molar-refractivity contribution in [2.75, 3.05) is 5.32 Å². The predicted molar refractivity (Wildman–Crippen MR) is 77.9 cm³/mol. The van der Waals surface area contributed by atoms with Gasteiger partial charge in [-0.2, -0.15) is 11.3 Å². The molecular formula is C12H9N3O2S2. The van der Waals surface area contributed by atoms with E-state index in [9.17, 15) is 10.1 Å². The van der Waals surface area contributed by atoms with Crippen LogP contribution in [0.25, 0.3) is 10.2 Å². The van der Waals surface area contributed by atoms with Gasteiger partial charge in [0.25, 0.3) is 0 Å². The zero-order valence-corrected chi connectivity index (χ0v) is 11.3. The molecule has 0 unspecified atom stereocenters. The highest BCUT2D eigenvalue weighted by Crippen LogP contribution is 2.34. The molecule has 96 valence electrons. The van der Waals surface area contributed by atoms with E-state index in [-0.39, 0.29) is 10.6 Å². The van der Waals surface area contributed by atoms with Crippen molar-refractivity contribution in [2.45, 2.75) is 6.54 Å². The van der Waals surface area contributed by atoms with E-state index in [2.05, 4.69) is 10.3 Å². The predicted octanol–water partition coefficient (Wildman–Crippen LogP) is 3.88. The minimum Gasteiger partial charge on any atom is -0.375 e. The molecule has 0 radical (unpaired) electrons. The molecule has 1 N–H and O–H groups in total. The molecule has 2 aromatic heterocycles. The Balaban J connectivity index is 1.97. The standard InChI is InChI=1S/C12H9N3O2S2/c16-15(17)12-9(13-5-8-3-4-18-6-8)1-2-10-11(12)14-7-19-10/h1-4,6-7,13H,5H2. The summed E-state index contributed by atoms with van der Waals surface area (Å²) >= 11 is 3.01. The molecule has 7 heteroatoms. The molecule has 0 atom stereocenters. The highest BCUT2D eigenvalue weighted by atomic mass is 32.1. The molecule has 3 aromatic rings. The van der Waals surface area contributed by atoms with Crippen LogP contribution in [0, 0.1) is 10.1 Å². The molecular weight excluding hydrogens is 282 g/mol. The lowest BCUT2D eigenvalue weighted by Crippen LogP contribution is -2.02. The van der Waals surface area contributed by atoms with E-state index in [1.807, 2.05) is 22.9 Å². The zero-order valence-electron chi connectivity index (χ0n) is 9.70. The summed E-state index contributed by atoms with van der Waals surface area (Å²) in [6.45, 7) is 0.569. The fraction of sp³-hybridized carbons (Fsp3) is 0.0833. The van der Waals surface area contributed by atoms with Crippen LogP contribution in [0.4, 0.5) is 11.4 Å². The fourth-order valence-electron chi connectivity index (χ4n) is 1.83. The third kappa shape index (κ3) is 2.29. The van der Waals surface area contributed by atoms with Crippen molar-refractivity contribution in [3.05, 3.63) is 50.1 Å². The van der Waals surface area contributed by atoms with Crippen molar-refractivity contribution in [1.29, 1.82) is 0 Å². The number of rotatable bonds is 4. The van der Waals surface area contributed by atoms with Gasteiger partial charge >= 0.3 is 5.69 Å². The number of nitro benzene ring substituents is 1. The molecule has 0 saturated heterocycles. The van der Waals surface area contributed by atoms with Crippen molar-refractivity contribution < 1.29 is 4.92 Å².